The Morgan fingerprint density at radius 2 is 2.05 bits per heavy atom. The van der Waals surface area contributed by atoms with Gasteiger partial charge in [0.15, 0.2) is 0 Å². The summed E-state index contributed by atoms with van der Waals surface area (Å²) in [7, 11) is 0. The summed E-state index contributed by atoms with van der Waals surface area (Å²) < 4.78 is 6.08. The van der Waals surface area contributed by atoms with Gasteiger partial charge in [0.2, 0.25) is 0 Å². The smallest absolute Gasteiger partial charge is 0.287 e. The van der Waals surface area contributed by atoms with Crippen LogP contribution >= 0.6 is 27.5 Å². The SMILES string of the molecule is Cc1ccc(CCl)cc1Oc1cccc([N+](=O)[O-])c1Br. The van der Waals surface area contributed by atoms with E-state index in [0.717, 1.165) is 11.1 Å². The van der Waals surface area contributed by atoms with E-state index in [-0.39, 0.29) is 5.69 Å². The Kier molecular flexibility index (Phi) is 4.62. The number of hydrogen-bond donors (Lipinski definition) is 0. The summed E-state index contributed by atoms with van der Waals surface area (Å²) in [5.41, 5.74) is 1.82. The van der Waals surface area contributed by atoms with E-state index < -0.39 is 4.92 Å². The maximum Gasteiger partial charge on any atom is 0.287 e. The number of hydrogen-bond acceptors (Lipinski definition) is 3. The van der Waals surface area contributed by atoms with Crippen molar-refractivity contribution >= 4 is 33.2 Å². The predicted molar refractivity (Wildman–Crippen MR) is 81.6 cm³/mol. The standard InChI is InChI=1S/C14H11BrClNO3/c1-9-5-6-10(8-16)7-13(9)20-12-4-2-3-11(14(12)15)17(18)19/h2-7H,8H2,1H3. The molecule has 2 aromatic rings. The summed E-state index contributed by atoms with van der Waals surface area (Å²) in [5, 5.41) is 10.9. The highest BCUT2D eigenvalue weighted by Crippen LogP contribution is 2.37. The van der Waals surface area contributed by atoms with E-state index in [4.69, 9.17) is 16.3 Å². The molecule has 0 bridgehead atoms. The number of halogens is 2. The highest BCUT2D eigenvalue weighted by Gasteiger charge is 2.16. The number of nitrogens with zero attached hydrogens (tertiary/aromatic N) is 1. The molecule has 0 aliphatic rings. The molecule has 6 heteroatoms. The van der Waals surface area contributed by atoms with Crippen LogP contribution in [0.15, 0.2) is 40.9 Å². The van der Waals surface area contributed by atoms with Gasteiger partial charge in [-0.15, -0.1) is 11.6 Å². The molecule has 0 radical (unpaired) electrons. The normalized spacial score (nSPS) is 10.3. The Morgan fingerprint density at radius 1 is 1.30 bits per heavy atom. The van der Waals surface area contributed by atoms with E-state index in [0.29, 0.717) is 21.9 Å². The van der Waals surface area contributed by atoms with Gasteiger partial charge in [0.25, 0.3) is 5.69 Å². The van der Waals surface area contributed by atoms with Gasteiger partial charge in [0.1, 0.15) is 16.0 Å². The van der Waals surface area contributed by atoms with Crippen molar-refractivity contribution in [1.82, 2.24) is 0 Å². The number of nitro benzene ring substituents is 1. The van der Waals surface area contributed by atoms with Crippen LogP contribution < -0.4 is 4.74 Å². The van der Waals surface area contributed by atoms with Gasteiger partial charge in [-0.3, -0.25) is 10.1 Å². The first kappa shape index (κ1) is 14.8. The molecule has 0 amide bonds. The van der Waals surface area contributed by atoms with E-state index >= 15 is 0 Å². The van der Waals surface area contributed by atoms with Crippen LogP contribution in [0.1, 0.15) is 11.1 Å². The molecule has 4 nitrogen and oxygen atoms in total. The number of benzene rings is 2. The molecular formula is C14H11BrClNO3. The lowest BCUT2D eigenvalue weighted by atomic mass is 10.1. The highest BCUT2D eigenvalue weighted by atomic mass is 79.9. The lowest BCUT2D eigenvalue weighted by Gasteiger charge is -2.11. The van der Waals surface area contributed by atoms with Gasteiger partial charge in [-0.2, -0.15) is 0 Å². The van der Waals surface area contributed by atoms with Crippen LogP contribution in [0.5, 0.6) is 11.5 Å². The van der Waals surface area contributed by atoms with Crippen molar-refractivity contribution in [2.75, 3.05) is 0 Å². The van der Waals surface area contributed by atoms with Crippen molar-refractivity contribution in [3.05, 3.63) is 62.1 Å². The summed E-state index contributed by atoms with van der Waals surface area (Å²) in [6, 6.07) is 10.3. The lowest BCUT2D eigenvalue weighted by Crippen LogP contribution is -1.94. The van der Waals surface area contributed by atoms with E-state index in [1.165, 1.54) is 6.07 Å². The minimum Gasteiger partial charge on any atom is -0.456 e. The van der Waals surface area contributed by atoms with Gasteiger partial charge in [-0.25, -0.2) is 0 Å². The molecule has 2 rings (SSSR count). The minimum absolute atomic E-state index is 0.0337. The van der Waals surface area contributed by atoms with Crippen molar-refractivity contribution in [2.45, 2.75) is 12.8 Å². The van der Waals surface area contributed by atoms with Crippen LogP contribution in [0.25, 0.3) is 0 Å². The summed E-state index contributed by atoms with van der Waals surface area (Å²) in [5.74, 6) is 1.41. The Hall–Kier alpha value is -1.59. The van der Waals surface area contributed by atoms with Crippen LogP contribution in [0.2, 0.25) is 0 Å². The van der Waals surface area contributed by atoms with E-state index in [9.17, 15) is 10.1 Å². The van der Waals surface area contributed by atoms with Crippen LogP contribution in [0, 0.1) is 17.0 Å². The van der Waals surface area contributed by atoms with Gasteiger partial charge in [-0.1, -0.05) is 18.2 Å². The van der Waals surface area contributed by atoms with E-state index in [1.54, 1.807) is 12.1 Å². The molecule has 104 valence electrons. The van der Waals surface area contributed by atoms with E-state index in [2.05, 4.69) is 15.9 Å². The molecule has 20 heavy (non-hydrogen) atoms. The molecule has 0 aliphatic heterocycles. The van der Waals surface area contributed by atoms with Gasteiger partial charge in [0.05, 0.1) is 4.92 Å². The van der Waals surface area contributed by atoms with Crippen LogP contribution in [-0.4, -0.2) is 4.92 Å². The van der Waals surface area contributed by atoms with Crippen molar-refractivity contribution in [3.8, 4) is 11.5 Å². The van der Waals surface area contributed by atoms with Crippen molar-refractivity contribution in [2.24, 2.45) is 0 Å². The molecule has 0 heterocycles. The largest absolute Gasteiger partial charge is 0.456 e. The van der Waals surface area contributed by atoms with Gasteiger partial charge in [-0.05, 0) is 46.1 Å². The third kappa shape index (κ3) is 3.11. The number of ether oxygens (including phenoxy) is 1. The third-order valence-corrected chi connectivity index (χ3v) is 3.87. The summed E-state index contributed by atoms with van der Waals surface area (Å²) in [6.45, 7) is 1.90. The zero-order valence-electron chi connectivity index (χ0n) is 10.6. The molecule has 0 atom stereocenters. The Bertz CT molecular complexity index is 661. The van der Waals surface area contributed by atoms with Crippen molar-refractivity contribution in [1.29, 1.82) is 0 Å². The second kappa shape index (κ2) is 6.24. The van der Waals surface area contributed by atoms with Gasteiger partial charge in [0, 0.05) is 11.9 Å². The van der Waals surface area contributed by atoms with Crippen molar-refractivity contribution in [3.63, 3.8) is 0 Å². The summed E-state index contributed by atoms with van der Waals surface area (Å²) in [6.07, 6.45) is 0. The predicted octanol–water partition coefficient (Wildman–Crippen LogP) is 5.20. The molecule has 0 saturated heterocycles. The molecule has 0 aromatic heterocycles. The Balaban J connectivity index is 2.40. The Labute approximate surface area is 129 Å². The first-order valence-corrected chi connectivity index (χ1v) is 7.12. The number of aryl methyl sites for hydroxylation is 1. The second-order valence-corrected chi connectivity index (χ2v) is 5.24. The quantitative estimate of drug-likeness (QED) is 0.430. The molecule has 2 aromatic carbocycles. The molecule has 0 spiro atoms. The highest BCUT2D eigenvalue weighted by molar-refractivity contribution is 9.10. The maximum atomic E-state index is 10.9. The monoisotopic (exact) mass is 355 g/mol. The Morgan fingerprint density at radius 3 is 2.70 bits per heavy atom. The first-order chi connectivity index (χ1) is 9.52. The summed E-state index contributed by atoms with van der Waals surface area (Å²) in [4.78, 5) is 10.4. The first-order valence-electron chi connectivity index (χ1n) is 5.79. The lowest BCUT2D eigenvalue weighted by molar-refractivity contribution is -0.385. The second-order valence-electron chi connectivity index (χ2n) is 4.18. The fourth-order valence-corrected chi connectivity index (χ4v) is 2.33. The van der Waals surface area contributed by atoms with Gasteiger partial charge >= 0.3 is 0 Å². The third-order valence-electron chi connectivity index (χ3n) is 2.77. The van der Waals surface area contributed by atoms with Crippen molar-refractivity contribution < 1.29 is 9.66 Å². The number of nitro groups is 1. The fraction of sp³-hybridized carbons (Fsp3) is 0.143. The maximum absolute atomic E-state index is 10.9. The van der Waals surface area contributed by atoms with Crippen LogP contribution in [0.3, 0.4) is 0 Å². The fourth-order valence-electron chi connectivity index (χ4n) is 1.68. The van der Waals surface area contributed by atoms with Crippen LogP contribution in [-0.2, 0) is 5.88 Å². The average Bonchev–Trinajstić information content (AvgIpc) is 2.43. The zero-order valence-corrected chi connectivity index (χ0v) is 12.9. The molecule has 0 saturated carbocycles. The van der Waals surface area contributed by atoms with Gasteiger partial charge < -0.3 is 4.74 Å². The molecule has 0 unspecified atom stereocenters. The molecule has 0 N–H and O–H groups in total. The average molecular weight is 357 g/mol. The van der Waals surface area contributed by atoms with Crippen LogP contribution in [0.4, 0.5) is 5.69 Å². The molecule has 0 fully saturated rings. The number of rotatable bonds is 4. The molecule has 0 aliphatic carbocycles. The van der Waals surface area contributed by atoms with E-state index in [1.807, 2.05) is 25.1 Å². The summed E-state index contributed by atoms with van der Waals surface area (Å²) >= 11 is 9.00. The topological polar surface area (TPSA) is 52.4 Å². The minimum atomic E-state index is -0.459. The number of alkyl halides is 1. The zero-order chi connectivity index (χ0) is 14.7. The molecular weight excluding hydrogens is 346 g/mol.